The van der Waals surface area contributed by atoms with Crippen LogP contribution in [-0.2, 0) is 6.54 Å². The number of nitrogen functional groups attached to an aromatic ring is 1. The first-order chi connectivity index (χ1) is 11.6. The van der Waals surface area contributed by atoms with E-state index in [2.05, 4.69) is 20.6 Å². The number of hydrogen-bond acceptors (Lipinski definition) is 5. The Bertz CT molecular complexity index is 821. The standard InChI is InChI=1S/C17H15ClFN5/c18-12-3-7-14(8-4-12)24-17-15(20)16(22-10-23-17)21-9-11-1-5-13(19)6-2-11/h1-8,10H,9,20H2,(H2,21,22,23,24). The molecule has 0 radical (unpaired) electrons. The molecule has 0 saturated carbocycles. The largest absolute Gasteiger partial charge is 0.393 e. The summed E-state index contributed by atoms with van der Waals surface area (Å²) in [6.45, 7) is 0.474. The predicted octanol–water partition coefficient (Wildman–Crippen LogP) is 4.21. The first-order valence-electron chi connectivity index (χ1n) is 7.23. The van der Waals surface area contributed by atoms with Crippen molar-refractivity contribution in [3.05, 3.63) is 71.3 Å². The van der Waals surface area contributed by atoms with E-state index in [1.165, 1.54) is 18.5 Å². The van der Waals surface area contributed by atoms with Gasteiger partial charge in [0.15, 0.2) is 11.6 Å². The normalized spacial score (nSPS) is 10.4. The Labute approximate surface area is 143 Å². The van der Waals surface area contributed by atoms with Crippen molar-refractivity contribution in [2.75, 3.05) is 16.4 Å². The maximum absolute atomic E-state index is 12.9. The van der Waals surface area contributed by atoms with E-state index in [1.54, 1.807) is 24.3 Å². The summed E-state index contributed by atoms with van der Waals surface area (Å²) in [5, 5.41) is 6.90. The number of aromatic nitrogens is 2. The van der Waals surface area contributed by atoms with Crippen LogP contribution in [-0.4, -0.2) is 9.97 Å². The highest BCUT2D eigenvalue weighted by Gasteiger charge is 2.08. The molecule has 0 spiro atoms. The van der Waals surface area contributed by atoms with Crippen LogP contribution in [0.1, 0.15) is 5.56 Å². The molecule has 3 rings (SSSR count). The van der Waals surface area contributed by atoms with Gasteiger partial charge in [0.2, 0.25) is 0 Å². The van der Waals surface area contributed by atoms with E-state index >= 15 is 0 Å². The molecule has 1 aromatic heterocycles. The van der Waals surface area contributed by atoms with Gasteiger partial charge in [0.1, 0.15) is 17.8 Å². The highest BCUT2D eigenvalue weighted by Crippen LogP contribution is 2.26. The molecular weight excluding hydrogens is 329 g/mol. The summed E-state index contributed by atoms with van der Waals surface area (Å²) >= 11 is 5.87. The van der Waals surface area contributed by atoms with Crippen LogP contribution in [0.25, 0.3) is 0 Å². The minimum Gasteiger partial charge on any atom is -0.393 e. The third-order valence-corrected chi connectivity index (χ3v) is 3.62. The molecule has 0 aliphatic heterocycles. The van der Waals surface area contributed by atoms with Gasteiger partial charge in [0, 0.05) is 17.3 Å². The number of nitrogens with zero attached hydrogens (tertiary/aromatic N) is 2. The van der Waals surface area contributed by atoms with E-state index in [0.717, 1.165) is 11.3 Å². The molecule has 0 bridgehead atoms. The van der Waals surface area contributed by atoms with Crippen LogP contribution >= 0.6 is 11.6 Å². The molecule has 2 aromatic carbocycles. The first kappa shape index (κ1) is 16.0. The monoisotopic (exact) mass is 343 g/mol. The SMILES string of the molecule is Nc1c(NCc2ccc(F)cc2)ncnc1Nc1ccc(Cl)cc1. The topological polar surface area (TPSA) is 75.9 Å². The molecule has 5 nitrogen and oxygen atoms in total. The van der Waals surface area contributed by atoms with Gasteiger partial charge < -0.3 is 16.4 Å². The summed E-state index contributed by atoms with van der Waals surface area (Å²) in [5.41, 5.74) is 8.24. The fourth-order valence-corrected chi connectivity index (χ4v) is 2.22. The molecule has 0 unspecified atom stereocenters. The Morgan fingerprint density at radius 1 is 0.958 bits per heavy atom. The van der Waals surface area contributed by atoms with Crippen LogP contribution in [0.15, 0.2) is 54.9 Å². The fraction of sp³-hybridized carbons (Fsp3) is 0.0588. The van der Waals surface area contributed by atoms with Crippen molar-refractivity contribution in [1.82, 2.24) is 9.97 Å². The Morgan fingerprint density at radius 2 is 1.62 bits per heavy atom. The van der Waals surface area contributed by atoms with Crippen LogP contribution in [0, 0.1) is 5.82 Å². The van der Waals surface area contributed by atoms with Crippen molar-refractivity contribution >= 4 is 34.6 Å². The highest BCUT2D eigenvalue weighted by atomic mass is 35.5. The van der Waals surface area contributed by atoms with E-state index in [-0.39, 0.29) is 5.82 Å². The van der Waals surface area contributed by atoms with Gasteiger partial charge in [0.25, 0.3) is 0 Å². The molecule has 0 fully saturated rings. The van der Waals surface area contributed by atoms with Gasteiger partial charge in [0.05, 0.1) is 0 Å². The number of nitrogens with one attached hydrogen (secondary N) is 2. The average molecular weight is 344 g/mol. The van der Waals surface area contributed by atoms with Crippen LogP contribution in [0.3, 0.4) is 0 Å². The van der Waals surface area contributed by atoms with E-state index in [4.69, 9.17) is 17.3 Å². The van der Waals surface area contributed by atoms with Crippen molar-refractivity contribution in [3.8, 4) is 0 Å². The Hall–Kier alpha value is -2.86. The van der Waals surface area contributed by atoms with E-state index in [9.17, 15) is 4.39 Å². The number of anilines is 4. The number of halogens is 2. The second-order valence-electron chi connectivity index (χ2n) is 5.10. The summed E-state index contributed by atoms with van der Waals surface area (Å²) in [6.07, 6.45) is 1.42. The Kier molecular flexibility index (Phi) is 4.77. The lowest BCUT2D eigenvalue weighted by molar-refractivity contribution is 0.627. The number of rotatable bonds is 5. The van der Waals surface area contributed by atoms with Crippen LogP contribution in [0.5, 0.6) is 0 Å². The zero-order valence-corrected chi connectivity index (χ0v) is 13.4. The van der Waals surface area contributed by atoms with Crippen molar-refractivity contribution in [2.24, 2.45) is 0 Å². The maximum atomic E-state index is 12.9. The van der Waals surface area contributed by atoms with Gasteiger partial charge in [-0.3, -0.25) is 0 Å². The number of hydrogen-bond donors (Lipinski definition) is 3. The van der Waals surface area contributed by atoms with Gasteiger partial charge in [-0.25, -0.2) is 14.4 Å². The smallest absolute Gasteiger partial charge is 0.159 e. The second kappa shape index (κ2) is 7.14. The van der Waals surface area contributed by atoms with Gasteiger partial charge in [-0.1, -0.05) is 23.7 Å². The molecular formula is C17H15ClFN5. The molecule has 4 N–H and O–H groups in total. The minimum absolute atomic E-state index is 0.269. The maximum Gasteiger partial charge on any atom is 0.159 e. The van der Waals surface area contributed by atoms with Crippen molar-refractivity contribution < 1.29 is 4.39 Å². The lowest BCUT2D eigenvalue weighted by Crippen LogP contribution is -2.08. The summed E-state index contributed by atoms with van der Waals surface area (Å²) in [7, 11) is 0. The Balaban J connectivity index is 1.72. The van der Waals surface area contributed by atoms with E-state index in [1.807, 2.05) is 12.1 Å². The van der Waals surface area contributed by atoms with E-state index in [0.29, 0.717) is 28.9 Å². The molecule has 122 valence electrons. The number of benzene rings is 2. The average Bonchev–Trinajstić information content (AvgIpc) is 2.59. The van der Waals surface area contributed by atoms with Gasteiger partial charge >= 0.3 is 0 Å². The highest BCUT2D eigenvalue weighted by molar-refractivity contribution is 6.30. The molecule has 0 atom stereocenters. The molecule has 0 saturated heterocycles. The summed E-state index contributed by atoms with van der Waals surface area (Å²) < 4.78 is 12.9. The van der Waals surface area contributed by atoms with E-state index < -0.39 is 0 Å². The van der Waals surface area contributed by atoms with Gasteiger partial charge in [-0.05, 0) is 42.0 Å². The summed E-state index contributed by atoms with van der Waals surface area (Å²) in [5.74, 6) is 0.731. The Morgan fingerprint density at radius 3 is 2.33 bits per heavy atom. The van der Waals surface area contributed by atoms with Gasteiger partial charge in [-0.15, -0.1) is 0 Å². The molecule has 24 heavy (non-hydrogen) atoms. The van der Waals surface area contributed by atoms with Crippen molar-refractivity contribution in [1.29, 1.82) is 0 Å². The quantitative estimate of drug-likeness (QED) is 0.647. The molecule has 7 heteroatoms. The van der Waals surface area contributed by atoms with Crippen LogP contribution in [0.2, 0.25) is 5.02 Å². The third-order valence-electron chi connectivity index (χ3n) is 3.36. The molecule has 3 aromatic rings. The second-order valence-corrected chi connectivity index (χ2v) is 5.53. The summed E-state index contributed by atoms with van der Waals surface area (Å²) in [6, 6.07) is 13.4. The third kappa shape index (κ3) is 3.91. The summed E-state index contributed by atoms with van der Waals surface area (Å²) in [4.78, 5) is 8.30. The lowest BCUT2D eigenvalue weighted by Gasteiger charge is -2.12. The molecule has 0 amide bonds. The zero-order valence-electron chi connectivity index (χ0n) is 12.6. The fourth-order valence-electron chi connectivity index (χ4n) is 2.09. The first-order valence-corrected chi connectivity index (χ1v) is 7.61. The lowest BCUT2D eigenvalue weighted by atomic mass is 10.2. The molecule has 0 aliphatic rings. The molecule has 1 heterocycles. The van der Waals surface area contributed by atoms with Gasteiger partial charge in [-0.2, -0.15) is 0 Å². The zero-order chi connectivity index (χ0) is 16.9. The van der Waals surface area contributed by atoms with Crippen LogP contribution in [0.4, 0.5) is 27.4 Å². The van der Waals surface area contributed by atoms with Crippen molar-refractivity contribution in [2.45, 2.75) is 6.54 Å². The van der Waals surface area contributed by atoms with Crippen molar-refractivity contribution in [3.63, 3.8) is 0 Å². The molecule has 0 aliphatic carbocycles. The minimum atomic E-state index is -0.269. The predicted molar refractivity (Wildman–Crippen MR) is 94.9 cm³/mol. The van der Waals surface area contributed by atoms with Crippen LogP contribution < -0.4 is 16.4 Å². The number of nitrogens with two attached hydrogens (primary N) is 1.